The highest BCUT2D eigenvalue weighted by Gasteiger charge is 2.27. The number of nitrogens with zero attached hydrogens (tertiary/aromatic N) is 3. The Morgan fingerprint density at radius 2 is 1.62 bits per heavy atom. The van der Waals surface area contributed by atoms with Crippen molar-refractivity contribution in [2.24, 2.45) is 5.41 Å². The first-order valence-corrected chi connectivity index (χ1v) is 9.51. The van der Waals surface area contributed by atoms with Crippen LogP contribution >= 0.6 is 0 Å². The molecule has 1 N–H and O–H groups in total. The van der Waals surface area contributed by atoms with Crippen LogP contribution in [-0.2, 0) is 0 Å². The van der Waals surface area contributed by atoms with Crippen LogP contribution in [0, 0.1) is 19.3 Å². The number of rotatable bonds is 3. The minimum atomic E-state index is -0.0370. The normalized spacial score (nSPS) is 15.5. The first-order chi connectivity index (χ1) is 12.0. The molecule has 0 spiro atoms. The summed E-state index contributed by atoms with van der Waals surface area (Å²) in [6, 6.07) is 2.28. The molecule has 3 amide bonds. The van der Waals surface area contributed by atoms with E-state index in [1.54, 1.807) is 4.90 Å². The lowest BCUT2D eigenvalue weighted by molar-refractivity contribution is 0.0663. The Bertz CT molecular complexity index is 662. The van der Waals surface area contributed by atoms with Crippen LogP contribution in [0.25, 0.3) is 0 Å². The number of carbonyl (C=O) groups excluding carboxylic acids is 2. The zero-order chi connectivity index (χ0) is 19.6. The number of urea groups is 1. The van der Waals surface area contributed by atoms with Crippen LogP contribution in [0.5, 0.6) is 0 Å². The van der Waals surface area contributed by atoms with Gasteiger partial charge < -0.3 is 19.7 Å². The summed E-state index contributed by atoms with van der Waals surface area (Å²) in [6.45, 7) is 17.5. The summed E-state index contributed by atoms with van der Waals surface area (Å²) in [5.74, 6) is 0.0692. The van der Waals surface area contributed by atoms with Crippen molar-refractivity contribution < 1.29 is 9.59 Å². The van der Waals surface area contributed by atoms with Gasteiger partial charge in [0.2, 0.25) is 0 Å². The molecule has 2 rings (SSSR count). The second-order valence-electron chi connectivity index (χ2n) is 8.75. The third-order valence-electron chi connectivity index (χ3n) is 4.86. The van der Waals surface area contributed by atoms with E-state index in [1.165, 1.54) is 0 Å². The molecule has 0 radical (unpaired) electrons. The van der Waals surface area contributed by atoms with Crippen molar-refractivity contribution in [2.75, 3.05) is 32.7 Å². The van der Waals surface area contributed by atoms with E-state index < -0.39 is 0 Å². The van der Waals surface area contributed by atoms with Crippen LogP contribution in [0.2, 0.25) is 0 Å². The topological polar surface area (TPSA) is 57.6 Å². The Morgan fingerprint density at radius 1 is 1.08 bits per heavy atom. The lowest BCUT2D eigenvalue weighted by Crippen LogP contribution is -2.53. The van der Waals surface area contributed by atoms with Gasteiger partial charge in [-0.05, 0) is 39.2 Å². The molecular formula is C20H34N4O2. The maximum Gasteiger partial charge on any atom is 0.317 e. The monoisotopic (exact) mass is 362 g/mol. The van der Waals surface area contributed by atoms with Crippen molar-refractivity contribution in [3.05, 3.63) is 23.0 Å². The van der Waals surface area contributed by atoms with Gasteiger partial charge in [-0.2, -0.15) is 0 Å². The van der Waals surface area contributed by atoms with Crippen LogP contribution in [0.4, 0.5) is 4.79 Å². The zero-order valence-electron chi connectivity index (χ0n) is 17.3. The van der Waals surface area contributed by atoms with Crippen molar-refractivity contribution in [3.8, 4) is 0 Å². The van der Waals surface area contributed by atoms with Crippen LogP contribution < -0.4 is 5.32 Å². The predicted molar refractivity (Wildman–Crippen MR) is 105 cm³/mol. The summed E-state index contributed by atoms with van der Waals surface area (Å²) in [4.78, 5) is 28.9. The average Bonchev–Trinajstić information content (AvgIpc) is 2.86. The summed E-state index contributed by atoms with van der Waals surface area (Å²) >= 11 is 0. The number of nitrogens with one attached hydrogen (secondary N) is 1. The second kappa shape index (κ2) is 7.72. The molecular weight excluding hydrogens is 328 g/mol. The quantitative estimate of drug-likeness (QED) is 0.898. The second-order valence-corrected chi connectivity index (χ2v) is 8.75. The maximum atomic E-state index is 12.9. The summed E-state index contributed by atoms with van der Waals surface area (Å²) in [5.41, 5.74) is 2.97. The molecule has 0 aliphatic carbocycles. The molecule has 1 fully saturated rings. The summed E-state index contributed by atoms with van der Waals surface area (Å²) in [7, 11) is 0. The maximum absolute atomic E-state index is 12.9. The Balaban J connectivity index is 1.97. The molecule has 6 heteroatoms. The highest BCUT2D eigenvalue weighted by Crippen LogP contribution is 2.22. The molecule has 0 bridgehead atoms. The van der Waals surface area contributed by atoms with Crippen LogP contribution in [0.15, 0.2) is 6.07 Å². The predicted octanol–water partition coefficient (Wildman–Crippen LogP) is 3.20. The van der Waals surface area contributed by atoms with E-state index in [1.807, 2.05) is 24.8 Å². The molecule has 2 heterocycles. The number of hydrogen-bond acceptors (Lipinski definition) is 2. The van der Waals surface area contributed by atoms with Crippen LogP contribution in [0.1, 0.15) is 62.4 Å². The van der Waals surface area contributed by atoms with Crippen LogP contribution in [0.3, 0.4) is 0 Å². The first kappa shape index (κ1) is 20.3. The van der Waals surface area contributed by atoms with E-state index in [-0.39, 0.29) is 17.4 Å². The average molecular weight is 363 g/mol. The fraction of sp³-hybridized carbons (Fsp3) is 0.700. The van der Waals surface area contributed by atoms with E-state index in [0.29, 0.717) is 38.8 Å². The molecule has 1 saturated heterocycles. The molecule has 0 saturated carbocycles. The standard InChI is InChI=1S/C20H34N4O2/c1-14(2)24-15(3)12-17(16(24)4)18(25)22-8-10-23(11-9-22)19(26)21-13-20(5,6)7/h12,14H,8-11,13H2,1-7H3,(H,21,26). The van der Waals surface area contributed by atoms with E-state index in [0.717, 1.165) is 17.0 Å². The van der Waals surface area contributed by atoms with Gasteiger partial charge in [0.25, 0.3) is 5.91 Å². The molecule has 0 aromatic carbocycles. The number of amides is 3. The van der Waals surface area contributed by atoms with Gasteiger partial charge in [0, 0.05) is 50.2 Å². The highest BCUT2D eigenvalue weighted by molar-refractivity contribution is 5.96. The van der Waals surface area contributed by atoms with Crippen LogP contribution in [-0.4, -0.2) is 59.0 Å². The third kappa shape index (κ3) is 4.59. The Labute approximate surface area is 157 Å². The largest absolute Gasteiger partial charge is 0.346 e. The van der Waals surface area contributed by atoms with Crippen molar-refractivity contribution in [1.82, 2.24) is 19.7 Å². The van der Waals surface area contributed by atoms with E-state index >= 15 is 0 Å². The fourth-order valence-corrected chi connectivity index (χ4v) is 3.52. The molecule has 1 aromatic heterocycles. The summed E-state index contributed by atoms with van der Waals surface area (Å²) < 4.78 is 2.20. The Hall–Kier alpha value is -1.98. The molecule has 0 unspecified atom stereocenters. The molecule has 0 atom stereocenters. The van der Waals surface area contributed by atoms with Gasteiger partial charge in [0.05, 0.1) is 5.56 Å². The SMILES string of the molecule is Cc1cc(C(=O)N2CCN(C(=O)NCC(C)(C)C)CC2)c(C)n1C(C)C. The Morgan fingerprint density at radius 3 is 2.08 bits per heavy atom. The minimum absolute atomic E-state index is 0.0370. The van der Waals surface area contributed by atoms with Gasteiger partial charge in [-0.25, -0.2) is 4.79 Å². The zero-order valence-corrected chi connectivity index (χ0v) is 17.3. The van der Waals surface area contributed by atoms with Gasteiger partial charge in [0.15, 0.2) is 0 Å². The van der Waals surface area contributed by atoms with Crippen molar-refractivity contribution in [2.45, 2.75) is 54.5 Å². The Kier molecular flexibility index (Phi) is 6.04. The fourth-order valence-electron chi connectivity index (χ4n) is 3.52. The highest BCUT2D eigenvalue weighted by atomic mass is 16.2. The van der Waals surface area contributed by atoms with Gasteiger partial charge in [-0.15, -0.1) is 0 Å². The van der Waals surface area contributed by atoms with Crippen molar-refractivity contribution >= 4 is 11.9 Å². The minimum Gasteiger partial charge on any atom is -0.346 e. The van der Waals surface area contributed by atoms with E-state index in [4.69, 9.17) is 0 Å². The van der Waals surface area contributed by atoms with Gasteiger partial charge >= 0.3 is 6.03 Å². The lowest BCUT2D eigenvalue weighted by atomic mass is 9.97. The van der Waals surface area contributed by atoms with Crippen molar-refractivity contribution in [1.29, 1.82) is 0 Å². The van der Waals surface area contributed by atoms with Crippen molar-refractivity contribution in [3.63, 3.8) is 0 Å². The molecule has 1 aromatic rings. The third-order valence-corrected chi connectivity index (χ3v) is 4.86. The number of aromatic nitrogens is 1. The smallest absolute Gasteiger partial charge is 0.317 e. The molecule has 1 aliphatic heterocycles. The first-order valence-electron chi connectivity index (χ1n) is 9.51. The number of piperazine rings is 1. The molecule has 1 aliphatic rings. The summed E-state index contributed by atoms with van der Waals surface area (Å²) in [6.07, 6.45) is 0. The molecule has 26 heavy (non-hydrogen) atoms. The molecule has 146 valence electrons. The lowest BCUT2D eigenvalue weighted by Gasteiger charge is -2.35. The van der Waals surface area contributed by atoms with Gasteiger partial charge in [-0.3, -0.25) is 4.79 Å². The number of aryl methyl sites for hydroxylation is 1. The van der Waals surface area contributed by atoms with Gasteiger partial charge in [0.1, 0.15) is 0 Å². The van der Waals surface area contributed by atoms with Gasteiger partial charge in [-0.1, -0.05) is 20.8 Å². The van der Waals surface area contributed by atoms with E-state index in [9.17, 15) is 9.59 Å². The number of carbonyl (C=O) groups is 2. The van der Waals surface area contributed by atoms with E-state index in [2.05, 4.69) is 44.5 Å². The number of hydrogen-bond donors (Lipinski definition) is 1. The summed E-state index contributed by atoms with van der Waals surface area (Å²) in [5, 5.41) is 2.98. The molecule has 6 nitrogen and oxygen atoms in total.